The summed E-state index contributed by atoms with van der Waals surface area (Å²) in [5.74, 6) is 0.192. The maximum absolute atomic E-state index is 13.7. The molecule has 196 valence electrons. The first-order valence-corrected chi connectivity index (χ1v) is 14.0. The van der Waals surface area contributed by atoms with E-state index in [2.05, 4.69) is 5.32 Å². The molecule has 2 amide bonds. The molecule has 1 unspecified atom stereocenters. The van der Waals surface area contributed by atoms with Crippen LogP contribution in [0.3, 0.4) is 0 Å². The van der Waals surface area contributed by atoms with Crippen molar-refractivity contribution in [3.63, 3.8) is 0 Å². The van der Waals surface area contributed by atoms with Crippen LogP contribution in [0, 0.1) is 6.92 Å². The molecular formula is C26H35N3O6S. The van der Waals surface area contributed by atoms with Gasteiger partial charge in [0.25, 0.3) is 0 Å². The highest BCUT2D eigenvalue weighted by atomic mass is 32.2. The third-order valence-electron chi connectivity index (χ3n) is 6.01. The molecule has 0 aliphatic carbocycles. The van der Waals surface area contributed by atoms with Crippen LogP contribution < -0.4 is 19.1 Å². The maximum Gasteiger partial charge on any atom is 0.244 e. The summed E-state index contributed by atoms with van der Waals surface area (Å²) < 4.78 is 37.2. The minimum Gasteiger partial charge on any atom is -0.454 e. The van der Waals surface area contributed by atoms with E-state index in [1.165, 1.54) is 11.0 Å². The van der Waals surface area contributed by atoms with Crippen molar-refractivity contribution < 1.29 is 27.5 Å². The van der Waals surface area contributed by atoms with E-state index in [0.29, 0.717) is 24.5 Å². The molecule has 1 heterocycles. The third-order valence-corrected chi connectivity index (χ3v) is 7.15. The van der Waals surface area contributed by atoms with Crippen LogP contribution in [0.2, 0.25) is 0 Å². The largest absolute Gasteiger partial charge is 0.454 e. The van der Waals surface area contributed by atoms with Gasteiger partial charge in [-0.2, -0.15) is 0 Å². The smallest absolute Gasteiger partial charge is 0.244 e. The van der Waals surface area contributed by atoms with Crippen molar-refractivity contribution in [2.45, 2.75) is 52.6 Å². The van der Waals surface area contributed by atoms with E-state index < -0.39 is 28.5 Å². The number of benzene rings is 2. The van der Waals surface area contributed by atoms with Gasteiger partial charge in [-0.05, 0) is 37.5 Å². The molecule has 9 nitrogen and oxygen atoms in total. The number of hydrogen-bond acceptors (Lipinski definition) is 6. The number of nitrogens with zero attached hydrogens (tertiary/aromatic N) is 2. The van der Waals surface area contributed by atoms with E-state index in [4.69, 9.17) is 9.47 Å². The Morgan fingerprint density at radius 3 is 2.39 bits per heavy atom. The molecule has 0 aromatic heterocycles. The van der Waals surface area contributed by atoms with Crippen LogP contribution in [-0.4, -0.2) is 57.3 Å². The second kappa shape index (κ2) is 12.1. The summed E-state index contributed by atoms with van der Waals surface area (Å²) >= 11 is 0. The Morgan fingerprint density at radius 2 is 1.75 bits per heavy atom. The average Bonchev–Trinajstić information content (AvgIpc) is 3.31. The first kappa shape index (κ1) is 27.3. The molecule has 1 aliphatic heterocycles. The molecule has 36 heavy (non-hydrogen) atoms. The molecular weight excluding hydrogens is 482 g/mol. The minimum atomic E-state index is -3.82. The molecule has 0 radical (unpaired) electrons. The standard InChI is InChI=1S/C26H35N3O6S/c1-5-7-14-27-26(31)22(6-2)28(16-20-10-8-19(3)9-11-20)25(30)17-29(36(4,32)33)21-12-13-23-24(15-21)35-18-34-23/h8-13,15,22H,5-7,14,16-18H2,1-4H3,(H,27,31). The summed E-state index contributed by atoms with van der Waals surface area (Å²) in [5, 5.41) is 2.91. The molecule has 2 aromatic rings. The van der Waals surface area contributed by atoms with Crippen LogP contribution in [0.15, 0.2) is 42.5 Å². The Morgan fingerprint density at radius 1 is 1.06 bits per heavy atom. The zero-order chi connectivity index (χ0) is 26.3. The van der Waals surface area contributed by atoms with Gasteiger partial charge in [0, 0.05) is 19.2 Å². The van der Waals surface area contributed by atoms with Crippen molar-refractivity contribution in [1.29, 1.82) is 0 Å². The monoisotopic (exact) mass is 517 g/mol. The summed E-state index contributed by atoms with van der Waals surface area (Å²) in [6.45, 7) is 6.13. The van der Waals surface area contributed by atoms with Crippen LogP contribution in [-0.2, 0) is 26.2 Å². The summed E-state index contributed by atoms with van der Waals surface area (Å²) in [6, 6.07) is 11.7. The van der Waals surface area contributed by atoms with E-state index in [0.717, 1.165) is 34.5 Å². The first-order chi connectivity index (χ1) is 17.1. The van der Waals surface area contributed by atoms with Crippen molar-refractivity contribution in [2.24, 2.45) is 0 Å². The van der Waals surface area contributed by atoms with Crippen molar-refractivity contribution in [3.8, 4) is 11.5 Å². The number of nitrogens with one attached hydrogen (secondary N) is 1. The van der Waals surface area contributed by atoms with E-state index in [1.807, 2.05) is 45.0 Å². The molecule has 0 bridgehead atoms. The van der Waals surface area contributed by atoms with Gasteiger partial charge in [0.15, 0.2) is 11.5 Å². The minimum absolute atomic E-state index is 0.0479. The molecule has 0 saturated heterocycles. The fraction of sp³-hybridized carbons (Fsp3) is 0.462. The lowest BCUT2D eigenvalue weighted by Crippen LogP contribution is -2.52. The molecule has 1 aliphatic rings. The molecule has 10 heteroatoms. The van der Waals surface area contributed by atoms with Gasteiger partial charge >= 0.3 is 0 Å². The van der Waals surface area contributed by atoms with Crippen molar-refractivity contribution >= 4 is 27.5 Å². The zero-order valence-electron chi connectivity index (χ0n) is 21.3. The Kier molecular flexibility index (Phi) is 9.19. The summed E-state index contributed by atoms with van der Waals surface area (Å²) in [6.07, 6.45) is 3.20. The number of ether oxygens (including phenoxy) is 2. The second-order valence-electron chi connectivity index (χ2n) is 8.88. The lowest BCUT2D eigenvalue weighted by molar-refractivity contribution is -0.140. The van der Waals surface area contributed by atoms with E-state index in [9.17, 15) is 18.0 Å². The van der Waals surface area contributed by atoms with Gasteiger partial charge in [0.1, 0.15) is 12.6 Å². The van der Waals surface area contributed by atoms with Crippen molar-refractivity contribution in [1.82, 2.24) is 10.2 Å². The highest BCUT2D eigenvalue weighted by Gasteiger charge is 2.32. The van der Waals surface area contributed by atoms with Gasteiger partial charge in [-0.15, -0.1) is 0 Å². The van der Waals surface area contributed by atoms with Gasteiger partial charge in [0.05, 0.1) is 11.9 Å². The Balaban J connectivity index is 1.91. The summed E-state index contributed by atoms with van der Waals surface area (Å²) in [5.41, 5.74) is 2.21. The second-order valence-corrected chi connectivity index (χ2v) is 10.8. The predicted octanol–water partition coefficient (Wildman–Crippen LogP) is 3.21. The SMILES string of the molecule is CCCCNC(=O)C(CC)N(Cc1ccc(C)cc1)C(=O)CN(c1ccc2c(c1)OCO2)S(C)(=O)=O. The molecule has 0 spiro atoms. The average molecular weight is 518 g/mol. The van der Waals surface area contributed by atoms with Gasteiger partial charge in [-0.25, -0.2) is 8.42 Å². The number of rotatable bonds is 12. The van der Waals surface area contributed by atoms with Crippen LogP contribution in [0.4, 0.5) is 5.69 Å². The van der Waals surface area contributed by atoms with Crippen molar-refractivity contribution in [2.75, 3.05) is 30.4 Å². The van der Waals surface area contributed by atoms with E-state index >= 15 is 0 Å². The highest BCUT2D eigenvalue weighted by Crippen LogP contribution is 2.36. The van der Waals surface area contributed by atoms with Crippen LogP contribution >= 0.6 is 0 Å². The molecule has 3 rings (SSSR count). The number of carbonyl (C=O) groups excluding carboxylic acids is 2. The van der Waals surface area contributed by atoms with Crippen LogP contribution in [0.25, 0.3) is 0 Å². The quantitative estimate of drug-likeness (QED) is 0.434. The predicted molar refractivity (Wildman–Crippen MR) is 138 cm³/mol. The van der Waals surface area contributed by atoms with Gasteiger partial charge in [-0.3, -0.25) is 13.9 Å². The van der Waals surface area contributed by atoms with Crippen LogP contribution in [0.5, 0.6) is 11.5 Å². The number of fused-ring (bicyclic) bond motifs is 1. The molecule has 2 aromatic carbocycles. The van der Waals surface area contributed by atoms with Gasteiger partial charge in [0.2, 0.25) is 28.6 Å². The summed E-state index contributed by atoms with van der Waals surface area (Å²) in [7, 11) is -3.82. The number of sulfonamides is 1. The van der Waals surface area contributed by atoms with E-state index in [-0.39, 0.29) is 24.9 Å². The molecule has 0 saturated carbocycles. The number of unbranched alkanes of at least 4 members (excludes halogenated alkanes) is 1. The number of hydrogen-bond donors (Lipinski definition) is 1. The zero-order valence-corrected chi connectivity index (χ0v) is 22.1. The van der Waals surface area contributed by atoms with Gasteiger partial charge < -0.3 is 19.7 Å². The fourth-order valence-corrected chi connectivity index (χ4v) is 4.81. The number of amides is 2. The Labute approximate surface area is 213 Å². The Bertz CT molecular complexity index is 1170. The maximum atomic E-state index is 13.7. The van der Waals surface area contributed by atoms with Gasteiger partial charge in [-0.1, -0.05) is 50.1 Å². The number of carbonyl (C=O) groups is 2. The lowest BCUT2D eigenvalue weighted by Gasteiger charge is -2.33. The lowest BCUT2D eigenvalue weighted by atomic mass is 10.1. The van der Waals surface area contributed by atoms with Crippen LogP contribution in [0.1, 0.15) is 44.2 Å². The first-order valence-electron chi connectivity index (χ1n) is 12.1. The fourth-order valence-electron chi connectivity index (χ4n) is 3.97. The number of aryl methyl sites for hydroxylation is 1. The normalized spacial score (nSPS) is 13.2. The van der Waals surface area contributed by atoms with E-state index in [1.54, 1.807) is 12.1 Å². The molecule has 0 fully saturated rings. The highest BCUT2D eigenvalue weighted by molar-refractivity contribution is 7.92. The molecule has 1 N–H and O–H groups in total. The Hall–Kier alpha value is -3.27. The number of anilines is 1. The third kappa shape index (κ3) is 6.90. The molecule has 1 atom stereocenters. The topological polar surface area (TPSA) is 105 Å². The summed E-state index contributed by atoms with van der Waals surface area (Å²) in [4.78, 5) is 28.2. The van der Waals surface area contributed by atoms with Crippen molar-refractivity contribution in [3.05, 3.63) is 53.6 Å².